The molecular formula is C31H35N5O3S. The number of hydrogen-bond donors (Lipinski definition) is 0. The van der Waals surface area contributed by atoms with Crippen molar-refractivity contribution in [3.63, 3.8) is 0 Å². The maximum absolute atomic E-state index is 13.3. The number of thiophene rings is 1. The minimum Gasteiger partial charge on any atom is -0.313 e. The molecular weight excluding hydrogens is 522 g/mol. The first-order valence-corrected chi connectivity index (χ1v) is 14.4. The van der Waals surface area contributed by atoms with Crippen molar-refractivity contribution < 1.29 is 9.59 Å². The average Bonchev–Trinajstić information content (AvgIpc) is 3.42. The molecule has 0 saturated carbocycles. The molecule has 0 N–H and O–H groups in total. The van der Waals surface area contributed by atoms with Crippen molar-refractivity contribution >= 4 is 44.6 Å². The predicted octanol–water partition coefficient (Wildman–Crippen LogP) is 4.82. The van der Waals surface area contributed by atoms with E-state index in [0.29, 0.717) is 32.7 Å². The highest BCUT2D eigenvalue weighted by Crippen LogP contribution is 2.39. The van der Waals surface area contributed by atoms with Gasteiger partial charge in [-0.3, -0.25) is 24.3 Å². The first kappa shape index (κ1) is 27.7. The Balaban J connectivity index is 1.46. The molecule has 9 heteroatoms. The van der Waals surface area contributed by atoms with Crippen LogP contribution in [-0.4, -0.2) is 46.4 Å². The monoisotopic (exact) mass is 557 g/mol. The van der Waals surface area contributed by atoms with Gasteiger partial charge in [-0.25, -0.2) is 0 Å². The number of pyridine rings is 2. The van der Waals surface area contributed by atoms with Crippen LogP contribution in [0.25, 0.3) is 10.1 Å². The normalized spacial score (nSPS) is 15.2. The van der Waals surface area contributed by atoms with Crippen LogP contribution in [-0.2, 0) is 29.2 Å². The lowest BCUT2D eigenvalue weighted by Crippen LogP contribution is -2.47. The Morgan fingerprint density at radius 2 is 1.80 bits per heavy atom. The van der Waals surface area contributed by atoms with E-state index in [2.05, 4.69) is 16.8 Å². The molecule has 4 aromatic rings. The minimum atomic E-state index is -1.15. The fraction of sp³-hybridized carbons (Fsp3) is 0.355. The lowest BCUT2D eigenvalue weighted by molar-refractivity contribution is -0.137. The molecule has 0 spiro atoms. The third-order valence-corrected chi connectivity index (χ3v) is 8.74. The standard InChI is InChI=1S/C31H35N5O3S/c1-6-36-25-8-7-22(17-26(25)33(5)29(38)31(3,4)30(36)39)19-34(20-24-18-32-12-9-21(24)2)14-15-35-13-10-23-11-16-40-27(23)28(35)37/h7-13,16-18H,6,14-15,19-20H2,1-5H3. The number of anilines is 2. The third kappa shape index (κ3) is 5.07. The molecule has 1 aromatic carbocycles. The molecule has 0 unspecified atom stereocenters. The molecule has 40 heavy (non-hydrogen) atoms. The fourth-order valence-corrected chi connectivity index (χ4v) is 6.18. The molecule has 0 fully saturated rings. The molecule has 4 heterocycles. The molecule has 1 aliphatic rings. The number of aryl methyl sites for hydroxylation is 1. The van der Waals surface area contributed by atoms with Crippen molar-refractivity contribution in [3.05, 3.63) is 87.4 Å². The van der Waals surface area contributed by atoms with Crippen LogP contribution in [0, 0.1) is 12.3 Å². The second-order valence-electron chi connectivity index (χ2n) is 10.9. The van der Waals surface area contributed by atoms with Crippen molar-refractivity contribution in [3.8, 4) is 0 Å². The summed E-state index contributed by atoms with van der Waals surface area (Å²) in [6.07, 6.45) is 5.55. The highest BCUT2D eigenvalue weighted by molar-refractivity contribution is 7.17. The second-order valence-corrected chi connectivity index (χ2v) is 11.8. The molecule has 0 radical (unpaired) electrons. The number of benzene rings is 1. The number of amides is 2. The largest absolute Gasteiger partial charge is 0.313 e. The Morgan fingerprint density at radius 1 is 1.00 bits per heavy atom. The van der Waals surface area contributed by atoms with Gasteiger partial charge in [-0.15, -0.1) is 11.3 Å². The molecule has 2 amide bonds. The number of hydrogen-bond acceptors (Lipinski definition) is 6. The topological polar surface area (TPSA) is 78.8 Å². The van der Waals surface area contributed by atoms with E-state index in [4.69, 9.17) is 0 Å². The summed E-state index contributed by atoms with van der Waals surface area (Å²) in [7, 11) is 1.74. The van der Waals surface area contributed by atoms with Crippen molar-refractivity contribution in [2.45, 2.75) is 47.3 Å². The Hall–Kier alpha value is -3.82. The van der Waals surface area contributed by atoms with Crippen LogP contribution < -0.4 is 15.4 Å². The van der Waals surface area contributed by atoms with Crippen LogP contribution >= 0.6 is 11.3 Å². The Labute approximate surface area is 238 Å². The molecule has 0 aliphatic carbocycles. The van der Waals surface area contributed by atoms with Crippen molar-refractivity contribution in [1.82, 2.24) is 14.5 Å². The van der Waals surface area contributed by atoms with Crippen molar-refractivity contribution in [1.29, 1.82) is 0 Å². The number of carbonyl (C=O) groups is 2. The van der Waals surface area contributed by atoms with Gasteiger partial charge in [0.15, 0.2) is 0 Å². The number of aromatic nitrogens is 2. The van der Waals surface area contributed by atoms with E-state index >= 15 is 0 Å². The summed E-state index contributed by atoms with van der Waals surface area (Å²) in [6.45, 7) is 10.3. The molecule has 5 rings (SSSR count). The zero-order valence-electron chi connectivity index (χ0n) is 23.7. The predicted molar refractivity (Wildman–Crippen MR) is 161 cm³/mol. The molecule has 0 atom stereocenters. The van der Waals surface area contributed by atoms with E-state index in [1.165, 1.54) is 11.3 Å². The van der Waals surface area contributed by atoms with Gasteiger partial charge < -0.3 is 14.4 Å². The van der Waals surface area contributed by atoms with Gasteiger partial charge in [-0.2, -0.15) is 0 Å². The van der Waals surface area contributed by atoms with Gasteiger partial charge in [-0.05, 0) is 85.5 Å². The van der Waals surface area contributed by atoms with Crippen LogP contribution in [0.15, 0.2) is 65.2 Å². The summed E-state index contributed by atoms with van der Waals surface area (Å²) in [5.74, 6) is -0.418. The van der Waals surface area contributed by atoms with Gasteiger partial charge >= 0.3 is 0 Å². The van der Waals surface area contributed by atoms with Crippen LogP contribution in [0.1, 0.15) is 37.5 Å². The van der Waals surface area contributed by atoms with E-state index in [1.807, 2.05) is 61.1 Å². The highest BCUT2D eigenvalue weighted by Gasteiger charge is 2.45. The Kier molecular flexibility index (Phi) is 7.61. The van der Waals surface area contributed by atoms with Gasteiger partial charge in [0.05, 0.1) is 16.1 Å². The fourth-order valence-electron chi connectivity index (χ4n) is 5.34. The smallest absolute Gasteiger partial charge is 0.268 e. The highest BCUT2D eigenvalue weighted by atomic mass is 32.1. The second kappa shape index (κ2) is 11.0. The van der Waals surface area contributed by atoms with Crippen LogP contribution in [0.2, 0.25) is 0 Å². The quantitative estimate of drug-likeness (QED) is 0.290. The zero-order chi connectivity index (χ0) is 28.6. The summed E-state index contributed by atoms with van der Waals surface area (Å²) >= 11 is 1.47. The van der Waals surface area contributed by atoms with E-state index < -0.39 is 5.41 Å². The molecule has 0 saturated heterocycles. The molecule has 0 bridgehead atoms. The number of carbonyl (C=O) groups excluding carboxylic acids is 2. The Morgan fingerprint density at radius 3 is 2.55 bits per heavy atom. The van der Waals surface area contributed by atoms with Gasteiger partial charge in [0.1, 0.15) is 5.41 Å². The summed E-state index contributed by atoms with van der Waals surface area (Å²) in [5.41, 5.74) is 3.64. The van der Waals surface area contributed by atoms with E-state index in [0.717, 1.165) is 38.2 Å². The summed E-state index contributed by atoms with van der Waals surface area (Å²) in [4.78, 5) is 49.5. The third-order valence-electron chi connectivity index (χ3n) is 7.82. The van der Waals surface area contributed by atoms with Gasteiger partial charge in [-0.1, -0.05) is 6.07 Å². The zero-order valence-corrected chi connectivity index (χ0v) is 24.5. The van der Waals surface area contributed by atoms with E-state index in [-0.39, 0.29) is 17.4 Å². The lowest BCUT2D eigenvalue weighted by Gasteiger charge is -2.27. The number of nitrogens with zero attached hydrogens (tertiary/aromatic N) is 5. The molecule has 8 nitrogen and oxygen atoms in total. The van der Waals surface area contributed by atoms with Gasteiger partial charge in [0.25, 0.3) is 5.56 Å². The van der Waals surface area contributed by atoms with E-state index in [1.54, 1.807) is 41.5 Å². The molecule has 208 valence electrons. The van der Waals surface area contributed by atoms with Gasteiger partial charge in [0, 0.05) is 58.4 Å². The summed E-state index contributed by atoms with van der Waals surface area (Å²) in [6, 6.07) is 11.9. The lowest BCUT2D eigenvalue weighted by atomic mass is 9.90. The molecule has 1 aliphatic heterocycles. The Bertz CT molecular complexity index is 1640. The maximum Gasteiger partial charge on any atom is 0.268 e. The van der Waals surface area contributed by atoms with Crippen LogP contribution in [0.4, 0.5) is 11.4 Å². The van der Waals surface area contributed by atoms with Crippen molar-refractivity contribution in [2.24, 2.45) is 5.41 Å². The first-order chi connectivity index (χ1) is 19.1. The number of rotatable bonds is 8. The molecule has 3 aromatic heterocycles. The van der Waals surface area contributed by atoms with Crippen LogP contribution in [0.3, 0.4) is 0 Å². The summed E-state index contributed by atoms with van der Waals surface area (Å²) < 4.78 is 2.55. The number of fused-ring (bicyclic) bond motifs is 2. The first-order valence-electron chi connectivity index (χ1n) is 13.5. The van der Waals surface area contributed by atoms with E-state index in [9.17, 15) is 14.4 Å². The van der Waals surface area contributed by atoms with Crippen molar-refractivity contribution in [2.75, 3.05) is 29.9 Å². The maximum atomic E-state index is 13.3. The summed E-state index contributed by atoms with van der Waals surface area (Å²) in [5, 5.41) is 2.92. The average molecular weight is 558 g/mol. The van der Waals surface area contributed by atoms with Gasteiger partial charge in [0.2, 0.25) is 11.8 Å². The SMILES string of the molecule is CCN1C(=O)C(C)(C)C(=O)N(C)c2cc(CN(CCn3ccc4ccsc4c3=O)Cc3cnccc3C)ccc21. The van der Waals surface area contributed by atoms with Crippen LogP contribution in [0.5, 0.6) is 0 Å². The minimum absolute atomic E-state index is 0.0297.